The number of halogens is 1. The Morgan fingerprint density at radius 3 is 2.44 bits per heavy atom. The molecule has 0 aromatic heterocycles. The number of aliphatic hydroxyl groups excluding tert-OH is 1. The number of piperazine rings is 1. The van der Waals surface area contributed by atoms with Gasteiger partial charge >= 0.3 is 0 Å². The van der Waals surface area contributed by atoms with Crippen molar-refractivity contribution in [3.8, 4) is 0 Å². The molecule has 0 saturated carbocycles. The van der Waals surface area contributed by atoms with E-state index in [4.69, 9.17) is 0 Å². The fraction of sp³-hybridized carbons (Fsp3) is 0.500. The summed E-state index contributed by atoms with van der Waals surface area (Å²) in [5.41, 5.74) is 1.21. The van der Waals surface area contributed by atoms with Crippen LogP contribution >= 0.6 is 22.6 Å². The van der Waals surface area contributed by atoms with Crippen molar-refractivity contribution in [3.05, 3.63) is 33.4 Å². The zero-order chi connectivity index (χ0) is 11.4. The van der Waals surface area contributed by atoms with Gasteiger partial charge in [-0.2, -0.15) is 0 Å². The maximum Gasteiger partial charge on any atom is 0.0628 e. The molecule has 0 aliphatic carbocycles. The van der Waals surface area contributed by atoms with Gasteiger partial charge in [0.25, 0.3) is 0 Å². The van der Waals surface area contributed by atoms with Gasteiger partial charge < -0.3 is 10.4 Å². The maximum atomic E-state index is 9.54. The molecule has 0 spiro atoms. The summed E-state index contributed by atoms with van der Waals surface area (Å²) in [6.07, 6.45) is 0. The van der Waals surface area contributed by atoms with Crippen LogP contribution in [-0.2, 0) is 0 Å². The van der Waals surface area contributed by atoms with Crippen molar-refractivity contribution in [2.24, 2.45) is 0 Å². The number of hydrogen-bond donors (Lipinski definition) is 2. The molecule has 2 rings (SSSR count). The van der Waals surface area contributed by atoms with Gasteiger partial charge in [0.15, 0.2) is 0 Å². The first-order valence-corrected chi connectivity index (χ1v) is 6.70. The third-order valence-corrected chi connectivity index (χ3v) is 3.74. The van der Waals surface area contributed by atoms with Gasteiger partial charge in [0.2, 0.25) is 0 Å². The largest absolute Gasteiger partial charge is 0.394 e. The van der Waals surface area contributed by atoms with Crippen LogP contribution < -0.4 is 5.32 Å². The quantitative estimate of drug-likeness (QED) is 0.818. The lowest BCUT2D eigenvalue weighted by Gasteiger charge is -2.34. The highest BCUT2D eigenvalue weighted by Crippen LogP contribution is 2.21. The second kappa shape index (κ2) is 5.95. The van der Waals surface area contributed by atoms with E-state index in [1.165, 1.54) is 9.13 Å². The van der Waals surface area contributed by atoms with E-state index in [0.717, 1.165) is 26.2 Å². The molecular formula is C12H17IN2O. The van der Waals surface area contributed by atoms with Crippen LogP contribution in [0.5, 0.6) is 0 Å². The molecule has 88 valence electrons. The van der Waals surface area contributed by atoms with Crippen molar-refractivity contribution < 1.29 is 5.11 Å². The molecule has 1 heterocycles. The van der Waals surface area contributed by atoms with Crippen LogP contribution in [0.3, 0.4) is 0 Å². The summed E-state index contributed by atoms with van der Waals surface area (Å²) >= 11 is 2.30. The van der Waals surface area contributed by atoms with Gasteiger partial charge in [0.1, 0.15) is 0 Å². The number of hydrogen-bond acceptors (Lipinski definition) is 3. The molecule has 16 heavy (non-hydrogen) atoms. The Labute approximate surface area is 110 Å². The van der Waals surface area contributed by atoms with E-state index in [9.17, 15) is 5.11 Å². The summed E-state index contributed by atoms with van der Waals surface area (Å²) in [6.45, 7) is 4.25. The third-order valence-electron chi connectivity index (χ3n) is 3.02. The highest BCUT2D eigenvalue weighted by Gasteiger charge is 2.20. The molecule has 1 aliphatic heterocycles. The van der Waals surface area contributed by atoms with Gasteiger partial charge in [-0.05, 0) is 40.3 Å². The minimum Gasteiger partial charge on any atom is -0.394 e. The summed E-state index contributed by atoms with van der Waals surface area (Å²) in [4.78, 5) is 2.35. The molecule has 4 heteroatoms. The lowest BCUT2D eigenvalue weighted by Crippen LogP contribution is -2.46. The number of nitrogens with zero attached hydrogens (tertiary/aromatic N) is 1. The van der Waals surface area contributed by atoms with Crippen LogP contribution in [0.25, 0.3) is 0 Å². The molecule has 1 atom stereocenters. The van der Waals surface area contributed by atoms with Gasteiger partial charge in [0, 0.05) is 29.7 Å². The molecule has 0 unspecified atom stereocenters. The van der Waals surface area contributed by atoms with Crippen molar-refractivity contribution in [2.75, 3.05) is 32.8 Å². The normalized spacial score (nSPS) is 19.6. The van der Waals surface area contributed by atoms with E-state index in [1.807, 2.05) is 0 Å². The van der Waals surface area contributed by atoms with Gasteiger partial charge in [-0.25, -0.2) is 0 Å². The molecule has 1 aliphatic rings. The number of rotatable bonds is 3. The van der Waals surface area contributed by atoms with E-state index < -0.39 is 0 Å². The van der Waals surface area contributed by atoms with Crippen molar-refractivity contribution in [1.82, 2.24) is 10.2 Å². The zero-order valence-corrected chi connectivity index (χ0v) is 11.4. The van der Waals surface area contributed by atoms with Crippen molar-refractivity contribution in [3.63, 3.8) is 0 Å². The Balaban J connectivity index is 2.11. The summed E-state index contributed by atoms with van der Waals surface area (Å²) in [5.74, 6) is 0. The first kappa shape index (κ1) is 12.3. The maximum absolute atomic E-state index is 9.54. The van der Waals surface area contributed by atoms with Crippen LogP contribution in [0.2, 0.25) is 0 Å². The Hall–Kier alpha value is -0.170. The number of nitrogens with one attached hydrogen (secondary N) is 1. The summed E-state index contributed by atoms with van der Waals surface area (Å²) in [7, 11) is 0. The SMILES string of the molecule is OC[C@@H](c1ccc(I)cc1)N1CCNCC1. The first-order chi connectivity index (χ1) is 7.81. The van der Waals surface area contributed by atoms with E-state index in [2.05, 4.69) is 57.1 Å². The number of aliphatic hydroxyl groups is 1. The van der Waals surface area contributed by atoms with E-state index in [1.54, 1.807) is 0 Å². The van der Waals surface area contributed by atoms with E-state index in [0.29, 0.717) is 0 Å². The molecule has 0 bridgehead atoms. The van der Waals surface area contributed by atoms with Gasteiger partial charge in [-0.1, -0.05) is 12.1 Å². The fourth-order valence-corrected chi connectivity index (χ4v) is 2.47. The van der Waals surface area contributed by atoms with Gasteiger partial charge in [-0.3, -0.25) is 4.90 Å². The molecule has 1 aromatic carbocycles. The van der Waals surface area contributed by atoms with Crippen LogP contribution in [0, 0.1) is 3.57 Å². The summed E-state index contributed by atoms with van der Waals surface area (Å²) in [6, 6.07) is 8.58. The second-order valence-corrected chi connectivity index (χ2v) is 5.28. The average molecular weight is 332 g/mol. The molecule has 1 fully saturated rings. The molecule has 0 radical (unpaired) electrons. The lowest BCUT2D eigenvalue weighted by molar-refractivity contribution is 0.111. The minimum atomic E-state index is 0.152. The Morgan fingerprint density at radius 1 is 1.25 bits per heavy atom. The standard InChI is InChI=1S/C12H17IN2O/c13-11-3-1-10(2-4-11)12(9-16)15-7-5-14-6-8-15/h1-4,12,14,16H,5-9H2/t12-/m0/s1. The molecule has 1 saturated heterocycles. The van der Waals surface area contributed by atoms with Crippen LogP contribution in [0.4, 0.5) is 0 Å². The predicted molar refractivity (Wildman–Crippen MR) is 73.4 cm³/mol. The fourth-order valence-electron chi connectivity index (χ4n) is 2.11. The average Bonchev–Trinajstić information content (AvgIpc) is 2.34. The van der Waals surface area contributed by atoms with Gasteiger partial charge in [-0.15, -0.1) is 0 Å². The Morgan fingerprint density at radius 2 is 1.88 bits per heavy atom. The summed E-state index contributed by atoms with van der Waals surface area (Å²) in [5, 5.41) is 12.9. The van der Waals surface area contributed by atoms with Crippen molar-refractivity contribution in [2.45, 2.75) is 6.04 Å². The lowest BCUT2D eigenvalue weighted by atomic mass is 10.1. The third kappa shape index (κ3) is 2.94. The predicted octanol–water partition coefficient (Wildman–Crippen LogP) is 1.23. The molecule has 2 N–H and O–H groups in total. The molecule has 1 aromatic rings. The highest BCUT2D eigenvalue weighted by atomic mass is 127. The first-order valence-electron chi connectivity index (χ1n) is 5.62. The molecular weight excluding hydrogens is 315 g/mol. The smallest absolute Gasteiger partial charge is 0.0628 e. The zero-order valence-electron chi connectivity index (χ0n) is 9.19. The summed E-state index contributed by atoms with van der Waals surface area (Å²) < 4.78 is 1.23. The van der Waals surface area contributed by atoms with Crippen LogP contribution in [0.1, 0.15) is 11.6 Å². The van der Waals surface area contributed by atoms with E-state index >= 15 is 0 Å². The highest BCUT2D eigenvalue weighted by molar-refractivity contribution is 14.1. The van der Waals surface area contributed by atoms with Gasteiger partial charge in [0.05, 0.1) is 12.6 Å². The molecule has 0 amide bonds. The number of benzene rings is 1. The van der Waals surface area contributed by atoms with Crippen molar-refractivity contribution in [1.29, 1.82) is 0 Å². The Bertz CT molecular complexity index is 322. The van der Waals surface area contributed by atoms with E-state index in [-0.39, 0.29) is 12.6 Å². The monoisotopic (exact) mass is 332 g/mol. The van der Waals surface area contributed by atoms with Crippen LogP contribution in [0.15, 0.2) is 24.3 Å². The topological polar surface area (TPSA) is 35.5 Å². The second-order valence-electron chi connectivity index (χ2n) is 4.04. The Kier molecular flexibility index (Phi) is 4.57. The molecule has 3 nitrogen and oxygen atoms in total. The van der Waals surface area contributed by atoms with Crippen LogP contribution in [-0.4, -0.2) is 42.8 Å². The minimum absolute atomic E-state index is 0.152. The van der Waals surface area contributed by atoms with Crippen molar-refractivity contribution >= 4 is 22.6 Å².